The fourth-order valence-electron chi connectivity index (χ4n) is 6.85. The van der Waals surface area contributed by atoms with Crippen molar-refractivity contribution in [1.82, 2.24) is 14.9 Å². The number of fused-ring (bicyclic) bond motifs is 2. The summed E-state index contributed by atoms with van der Waals surface area (Å²) in [5.41, 5.74) is 8.97. The van der Waals surface area contributed by atoms with Crippen LogP contribution in [-0.2, 0) is 9.47 Å². The Bertz CT molecular complexity index is 1500. The van der Waals surface area contributed by atoms with Crippen molar-refractivity contribution < 1.29 is 23.4 Å². The number of nitrogens with one attached hydrogen (secondary N) is 2. The van der Waals surface area contributed by atoms with Gasteiger partial charge in [-0.1, -0.05) is 0 Å². The van der Waals surface area contributed by atoms with Crippen LogP contribution in [0.2, 0.25) is 0 Å². The average Bonchev–Trinajstić information content (AvgIpc) is 3.33. The number of halogens is 1. The van der Waals surface area contributed by atoms with E-state index in [1.54, 1.807) is 18.3 Å². The summed E-state index contributed by atoms with van der Waals surface area (Å²) in [6.45, 7) is 6.94. The zero-order valence-electron chi connectivity index (χ0n) is 23.2. The molecule has 1 aromatic carbocycles. The fourth-order valence-corrected chi connectivity index (χ4v) is 6.85. The number of amides is 1. The van der Waals surface area contributed by atoms with Gasteiger partial charge in [-0.05, 0) is 80.6 Å². The lowest BCUT2D eigenvalue weighted by Gasteiger charge is -2.45. The van der Waals surface area contributed by atoms with E-state index in [9.17, 15) is 4.79 Å². The Morgan fingerprint density at radius 3 is 2.80 bits per heavy atom. The molecule has 1 spiro atoms. The number of nitrogens with two attached hydrogens (primary N) is 1. The Morgan fingerprint density at radius 2 is 2.02 bits per heavy atom. The summed E-state index contributed by atoms with van der Waals surface area (Å²) in [6.07, 6.45) is 7.57. The van der Waals surface area contributed by atoms with Crippen LogP contribution in [-0.4, -0.2) is 72.6 Å². The van der Waals surface area contributed by atoms with Crippen LogP contribution in [0.15, 0.2) is 24.5 Å². The molecule has 4 aliphatic rings. The lowest BCUT2D eigenvalue weighted by atomic mass is 9.76. The van der Waals surface area contributed by atoms with Crippen molar-refractivity contribution in [1.29, 1.82) is 0 Å². The standard InChI is InChI=1S/C30H35FN6O4/c1-17-22(13-35-28-27(17)33-6-9-40-28)21-10-18-11-24(34-14-23(18)26(32)25(21)31)36-29(38)41-20-2-3-30(12-20)4-7-37(8-5-30)19-15-39-16-19/h10-11,13-14,19-20,33H,2-9,12,15-16,32H2,1H3,(H,34,36,38)/t20-/m1/s1. The molecule has 3 aliphatic heterocycles. The van der Waals surface area contributed by atoms with Gasteiger partial charge in [0, 0.05) is 35.5 Å². The van der Waals surface area contributed by atoms with Crippen molar-refractivity contribution in [2.75, 3.05) is 55.8 Å². The molecule has 5 heterocycles. The molecule has 1 aliphatic carbocycles. The number of hydrogen-bond acceptors (Lipinski definition) is 9. The number of anilines is 3. The number of ether oxygens (including phenoxy) is 3. The molecule has 10 nitrogen and oxygen atoms in total. The number of piperidine rings is 1. The second kappa shape index (κ2) is 10.3. The number of hydrogen-bond donors (Lipinski definition) is 3. The van der Waals surface area contributed by atoms with E-state index in [-0.39, 0.29) is 17.2 Å². The van der Waals surface area contributed by atoms with E-state index in [0.717, 1.165) is 69.7 Å². The maximum Gasteiger partial charge on any atom is 0.413 e. The van der Waals surface area contributed by atoms with Crippen molar-refractivity contribution in [3.8, 4) is 17.0 Å². The summed E-state index contributed by atoms with van der Waals surface area (Å²) in [7, 11) is 0. The normalized spacial score (nSPS) is 22.0. The number of carbonyl (C=O) groups is 1. The molecule has 1 atom stereocenters. The summed E-state index contributed by atoms with van der Waals surface area (Å²) in [6, 6.07) is 3.98. The summed E-state index contributed by atoms with van der Waals surface area (Å²) in [4.78, 5) is 24.1. The third-order valence-corrected chi connectivity index (χ3v) is 9.39. The molecule has 2 saturated heterocycles. The maximum absolute atomic E-state index is 15.5. The van der Waals surface area contributed by atoms with Gasteiger partial charge in [0.15, 0.2) is 5.82 Å². The summed E-state index contributed by atoms with van der Waals surface area (Å²) in [5, 5.41) is 7.16. The van der Waals surface area contributed by atoms with Gasteiger partial charge in [0.05, 0.1) is 24.9 Å². The second-order valence-electron chi connectivity index (χ2n) is 11.8. The maximum atomic E-state index is 15.5. The summed E-state index contributed by atoms with van der Waals surface area (Å²) < 4.78 is 32.3. The van der Waals surface area contributed by atoms with Crippen molar-refractivity contribution in [2.24, 2.45) is 5.41 Å². The van der Waals surface area contributed by atoms with Crippen molar-refractivity contribution in [3.63, 3.8) is 0 Å². The van der Waals surface area contributed by atoms with Crippen LogP contribution >= 0.6 is 0 Å². The molecular weight excluding hydrogens is 527 g/mol. The van der Waals surface area contributed by atoms with Crippen molar-refractivity contribution in [3.05, 3.63) is 35.9 Å². The van der Waals surface area contributed by atoms with E-state index in [1.165, 1.54) is 6.20 Å². The van der Waals surface area contributed by atoms with Crippen molar-refractivity contribution >= 4 is 34.1 Å². The van der Waals surface area contributed by atoms with Gasteiger partial charge in [0.2, 0.25) is 5.88 Å². The minimum absolute atomic E-state index is 0.00686. The third kappa shape index (κ3) is 4.80. The molecule has 11 heteroatoms. The zero-order chi connectivity index (χ0) is 28.1. The van der Waals surface area contributed by atoms with Crippen LogP contribution in [0.3, 0.4) is 0 Å². The zero-order valence-corrected chi connectivity index (χ0v) is 23.2. The molecule has 41 heavy (non-hydrogen) atoms. The van der Waals surface area contributed by atoms with Gasteiger partial charge in [-0.3, -0.25) is 10.2 Å². The summed E-state index contributed by atoms with van der Waals surface area (Å²) in [5.74, 6) is 0.282. The molecular formula is C30H35FN6O4. The molecule has 0 unspecified atom stereocenters. The van der Waals surface area contributed by atoms with Crippen LogP contribution in [0.25, 0.3) is 21.9 Å². The number of aromatic nitrogens is 2. The van der Waals surface area contributed by atoms with Gasteiger partial charge in [-0.25, -0.2) is 19.2 Å². The molecule has 7 rings (SSSR count). The number of likely N-dealkylation sites (tertiary alicyclic amines) is 1. The molecule has 0 radical (unpaired) electrons. The van der Waals surface area contributed by atoms with Crippen LogP contribution in [0.1, 0.15) is 37.7 Å². The molecule has 2 aromatic heterocycles. The molecule has 216 valence electrons. The first-order valence-electron chi connectivity index (χ1n) is 14.4. The van der Waals surface area contributed by atoms with Crippen LogP contribution in [0.4, 0.5) is 26.4 Å². The average molecular weight is 563 g/mol. The highest BCUT2D eigenvalue weighted by Gasteiger charge is 2.44. The third-order valence-electron chi connectivity index (χ3n) is 9.39. The van der Waals surface area contributed by atoms with E-state index in [0.29, 0.717) is 52.8 Å². The van der Waals surface area contributed by atoms with Gasteiger partial charge >= 0.3 is 6.09 Å². The highest BCUT2D eigenvalue weighted by Crippen LogP contribution is 2.48. The number of nitrogen functional groups attached to an aromatic ring is 1. The minimum Gasteiger partial charge on any atom is -0.474 e. The van der Waals surface area contributed by atoms with Gasteiger partial charge < -0.3 is 25.3 Å². The highest BCUT2D eigenvalue weighted by atomic mass is 19.1. The Morgan fingerprint density at radius 1 is 1.20 bits per heavy atom. The quantitative estimate of drug-likeness (QED) is 0.388. The fraction of sp³-hybridized carbons (Fsp3) is 0.500. The molecule has 4 N–H and O–H groups in total. The predicted molar refractivity (Wildman–Crippen MR) is 154 cm³/mol. The Hall–Kier alpha value is -3.70. The Kier molecular flexibility index (Phi) is 6.58. The smallest absolute Gasteiger partial charge is 0.413 e. The molecule has 1 amide bonds. The second-order valence-corrected chi connectivity index (χ2v) is 11.8. The van der Waals surface area contributed by atoms with Crippen LogP contribution in [0.5, 0.6) is 5.88 Å². The SMILES string of the molecule is Cc1c(-c2cc3cc(NC(=O)O[C@@H]4CCC5(CCN(C6COC6)CC5)C4)ncc3c(N)c2F)cnc2c1NCCO2. The Balaban J connectivity index is 1.05. The number of rotatable bonds is 4. The van der Waals surface area contributed by atoms with E-state index >= 15 is 4.39 Å². The predicted octanol–water partition coefficient (Wildman–Crippen LogP) is 4.71. The number of benzene rings is 1. The van der Waals surface area contributed by atoms with Gasteiger partial charge in [0.1, 0.15) is 24.2 Å². The van der Waals surface area contributed by atoms with Gasteiger partial charge in [-0.2, -0.15) is 0 Å². The topological polar surface area (TPSA) is 124 Å². The first-order chi connectivity index (χ1) is 19.9. The number of pyridine rings is 2. The van der Waals surface area contributed by atoms with Crippen molar-refractivity contribution in [2.45, 2.75) is 51.2 Å². The first kappa shape index (κ1) is 26.2. The monoisotopic (exact) mass is 562 g/mol. The van der Waals surface area contributed by atoms with E-state index in [2.05, 4.69) is 25.5 Å². The van der Waals surface area contributed by atoms with E-state index in [1.807, 2.05) is 6.92 Å². The van der Waals surface area contributed by atoms with E-state index in [4.69, 9.17) is 19.9 Å². The highest BCUT2D eigenvalue weighted by molar-refractivity contribution is 5.99. The van der Waals surface area contributed by atoms with Gasteiger partial charge in [-0.15, -0.1) is 0 Å². The molecule has 1 saturated carbocycles. The minimum atomic E-state index is -0.539. The molecule has 3 fully saturated rings. The number of carbonyl (C=O) groups excluding carboxylic acids is 1. The van der Waals surface area contributed by atoms with Gasteiger partial charge in [0.25, 0.3) is 0 Å². The molecule has 0 bridgehead atoms. The first-order valence-corrected chi connectivity index (χ1v) is 14.4. The summed E-state index contributed by atoms with van der Waals surface area (Å²) >= 11 is 0. The van der Waals surface area contributed by atoms with E-state index < -0.39 is 11.9 Å². The number of nitrogens with zero attached hydrogens (tertiary/aromatic N) is 3. The van der Waals surface area contributed by atoms with Crippen LogP contribution in [0, 0.1) is 18.2 Å². The van der Waals surface area contributed by atoms with Crippen LogP contribution < -0.4 is 21.1 Å². The Labute approximate surface area is 237 Å². The lowest BCUT2D eigenvalue weighted by molar-refractivity contribution is -0.0817. The largest absolute Gasteiger partial charge is 0.474 e. The molecule has 3 aromatic rings. The lowest BCUT2D eigenvalue weighted by Crippen LogP contribution is -2.53.